The van der Waals surface area contributed by atoms with E-state index in [2.05, 4.69) is 20.3 Å². The van der Waals surface area contributed by atoms with E-state index in [1.807, 2.05) is 0 Å². The SMILES string of the molecule is C[N-]c1nc(-c2c(Cl)c(OC)cc(OC)c2Cl)cc2cnc(N)nc12. The van der Waals surface area contributed by atoms with Crippen molar-refractivity contribution in [3.8, 4) is 22.8 Å². The number of nitrogens with zero attached hydrogens (tertiary/aromatic N) is 4. The quantitative estimate of drug-likeness (QED) is 0.729. The second-order valence-corrected chi connectivity index (χ2v) is 5.76. The zero-order valence-electron chi connectivity index (χ0n) is 13.7. The number of methoxy groups -OCH3 is 2. The van der Waals surface area contributed by atoms with Crippen molar-refractivity contribution in [2.75, 3.05) is 27.0 Å². The van der Waals surface area contributed by atoms with Crippen molar-refractivity contribution >= 4 is 45.9 Å². The highest BCUT2D eigenvalue weighted by Crippen LogP contribution is 2.46. The van der Waals surface area contributed by atoms with Crippen molar-refractivity contribution in [1.29, 1.82) is 0 Å². The summed E-state index contributed by atoms with van der Waals surface area (Å²) in [4.78, 5) is 12.7. The van der Waals surface area contributed by atoms with E-state index in [9.17, 15) is 0 Å². The second-order valence-electron chi connectivity index (χ2n) is 5.00. The largest absolute Gasteiger partial charge is 0.495 e. The molecule has 0 aliphatic heterocycles. The Morgan fingerprint density at radius 3 is 2.24 bits per heavy atom. The first-order valence-electron chi connectivity index (χ1n) is 7.13. The fraction of sp³-hybridized carbons (Fsp3) is 0.188. The van der Waals surface area contributed by atoms with Gasteiger partial charge in [-0.15, -0.1) is 0 Å². The summed E-state index contributed by atoms with van der Waals surface area (Å²) in [6.07, 6.45) is 1.59. The van der Waals surface area contributed by atoms with Crippen molar-refractivity contribution in [2.45, 2.75) is 0 Å². The first kappa shape index (κ1) is 17.3. The molecule has 0 amide bonds. The number of anilines is 1. The Kier molecular flexibility index (Phi) is 4.69. The van der Waals surface area contributed by atoms with Crippen LogP contribution in [0.15, 0.2) is 18.3 Å². The zero-order chi connectivity index (χ0) is 18.1. The molecular formula is C16H14Cl2N5O2-. The Balaban J connectivity index is 2.35. The predicted octanol–water partition coefficient (Wildman–Crippen LogP) is 4.23. The summed E-state index contributed by atoms with van der Waals surface area (Å²) in [5.74, 6) is 1.38. The van der Waals surface area contributed by atoms with Gasteiger partial charge in [0.15, 0.2) is 0 Å². The van der Waals surface area contributed by atoms with Gasteiger partial charge in [0.2, 0.25) is 5.95 Å². The summed E-state index contributed by atoms with van der Waals surface area (Å²) in [6, 6.07) is 3.37. The van der Waals surface area contributed by atoms with Gasteiger partial charge in [0, 0.05) is 23.2 Å². The van der Waals surface area contributed by atoms with Gasteiger partial charge < -0.3 is 25.5 Å². The summed E-state index contributed by atoms with van der Waals surface area (Å²) >= 11 is 12.9. The summed E-state index contributed by atoms with van der Waals surface area (Å²) in [6.45, 7) is 0. The maximum absolute atomic E-state index is 6.46. The molecule has 0 fully saturated rings. The van der Waals surface area contributed by atoms with Gasteiger partial charge in [0.05, 0.1) is 29.8 Å². The highest BCUT2D eigenvalue weighted by molar-refractivity contribution is 6.41. The Bertz CT molecular complexity index is 937. The van der Waals surface area contributed by atoms with Crippen molar-refractivity contribution in [1.82, 2.24) is 15.0 Å². The molecule has 3 aromatic rings. The van der Waals surface area contributed by atoms with Crippen LogP contribution in [0, 0.1) is 0 Å². The fourth-order valence-corrected chi connectivity index (χ4v) is 3.12. The minimum Gasteiger partial charge on any atom is -0.495 e. The highest BCUT2D eigenvalue weighted by Gasteiger charge is 2.18. The van der Waals surface area contributed by atoms with Crippen LogP contribution in [0.5, 0.6) is 11.5 Å². The molecule has 0 atom stereocenters. The normalized spacial score (nSPS) is 10.8. The third-order valence-corrected chi connectivity index (χ3v) is 4.36. The van der Waals surface area contributed by atoms with Gasteiger partial charge in [-0.2, -0.15) is 0 Å². The maximum atomic E-state index is 6.46. The molecule has 2 aromatic heterocycles. The van der Waals surface area contributed by atoms with Gasteiger partial charge in [-0.3, -0.25) is 0 Å². The van der Waals surface area contributed by atoms with Gasteiger partial charge in [-0.1, -0.05) is 30.2 Å². The van der Waals surface area contributed by atoms with Crippen LogP contribution in [0.1, 0.15) is 0 Å². The lowest BCUT2D eigenvalue weighted by molar-refractivity contribution is 0.395. The van der Waals surface area contributed by atoms with E-state index in [4.69, 9.17) is 38.4 Å². The van der Waals surface area contributed by atoms with Gasteiger partial charge in [0.25, 0.3) is 0 Å². The van der Waals surface area contributed by atoms with Crippen LogP contribution in [-0.4, -0.2) is 36.2 Å². The van der Waals surface area contributed by atoms with Crippen LogP contribution in [0.2, 0.25) is 10.0 Å². The van der Waals surface area contributed by atoms with Crippen LogP contribution in [0.4, 0.5) is 11.8 Å². The molecule has 3 rings (SSSR count). The van der Waals surface area contributed by atoms with Gasteiger partial charge in [-0.25, -0.2) is 9.97 Å². The van der Waals surface area contributed by atoms with E-state index >= 15 is 0 Å². The van der Waals surface area contributed by atoms with E-state index in [0.717, 1.165) is 0 Å². The number of hydrogen-bond acceptors (Lipinski definition) is 6. The summed E-state index contributed by atoms with van der Waals surface area (Å²) < 4.78 is 10.6. The molecule has 2 N–H and O–H groups in total. The fourth-order valence-electron chi connectivity index (χ4n) is 2.43. The molecule has 1 aromatic carbocycles. The smallest absolute Gasteiger partial charge is 0.220 e. The van der Waals surface area contributed by atoms with Crippen LogP contribution in [-0.2, 0) is 0 Å². The van der Waals surface area contributed by atoms with Crippen molar-refractivity contribution in [3.05, 3.63) is 33.7 Å². The van der Waals surface area contributed by atoms with Gasteiger partial charge >= 0.3 is 0 Å². The Morgan fingerprint density at radius 1 is 1.04 bits per heavy atom. The molecule has 0 saturated carbocycles. The minimum atomic E-state index is 0.145. The number of ether oxygens (including phenoxy) is 2. The third-order valence-electron chi connectivity index (χ3n) is 3.61. The number of nitrogens with two attached hydrogens (primary N) is 1. The van der Waals surface area contributed by atoms with E-state index in [1.54, 1.807) is 25.4 Å². The summed E-state index contributed by atoms with van der Waals surface area (Å²) in [5, 5.41) is 5.50. The number of benzene rings is 1. The molecule has 7 nitrogen and oxygen atoms in total. The van der Waals surface area contributed by atoms with Crippen LogP contribution in [0.25, 0.3) is 27.5 Å². The molecule has 9 heteroatoms. The molecule has 0 bridgehead atoms. The number of nitrogen functional groups attached to an aromatic ring is 1. The topological polar surface area (TPSA) is 97.2 Å². The average molecular weight is 379 g/mol. The highest BCUT2D eigenvalue weighted by atomic mass is 35.5. The third kappa shape index (κ3) is 2.96. The molecule has 25 heavy (non-hydrogen) atoms. The van der Waals surface area contributed by atoms with Crippen LogP contribution >= 0.6 is 23.2 Å². The maximum Gasteiger partial charge on any atom is 0.220 e. The second kappa shape index (κ2) is 6.78. The van der Waals surface area contributed by atoms with E-state index in [1.165, 1.54) is 14.2 Å². The summed E-state index contributed by atoms with van der Waals surface area (Å²) in [7, 11) is 4.63. The Morgan fingerprint density at radius 2 is 1.68 bits per heavy atom. The van der Waals surface area contributed by atoms with Crippen LogP contribution in [0.3, 0.4) is 0 Å². The number of hydrogen-bond donors (Lipinski definition) is 1. The van der Waals surface area contributed by atoms with Gasteiger partial charge in [0.1, 0.15) is 11.5 Å². The molecule has 0 aliphatic rings. The predicted molar refractivity (Wildman–Crippen MR) is 99.2 cm³/mol. The van der Waals surface area contributed by atoms with Crippen molar-refractivity contribution < 1.29 is 9.47 Å². The number of pyridine rings is 1. The Hall–Kier alpha value is -2.51. The zero-order valence-corrected chi connectivity index (χ0v) is 15.2. The first-order chi connectivity index (χ1) is 12.0. The number of fused-ring (bicyclic) bond motifs is 1. The lowest BCUT2D eigenvalue weighted by atomic mass is 10.1. The van der Waals surface area contributed by atoms with Gasteiger partial charge in [-0.05, 0) is 17.6 Å². The molecule has 0 saturated heterocycles. The van der Waals surface area contributed by atoms with E-state index < -0.39 is 0 Å². The van der Waals surface area contributed by atoms with Crippen LogP contribution < -0.4 is 15.2 Å². The molecule has 0 unspecified atom stereocenters. The summed E-state index contributed by atoms with van der Waals surface area (Å²) in [5.41, 5.74) is 7.17. The monoisotopic (exact) mass is 378 g/mol. The lowest BCUT2D eigenvalue weighted by Gasteiger charge is -2.20. The van der Waals surface area contributed by atoms with Crippen molar-refractivity contribution in [2.24, 2.45) is 0 Å². The van der Waals surface area contributed by atoms with E-state index in [0.29, 0.717) is 49.5 Å². The first-order valence-corrected chi connectivity index (χ1v) is 7.89. The molecule has 0 radical (unpaired) electrons. The molecule has 130 valence electrons. The van der Waals surface area contributed by atoms with E-state index in [-0.39, 0.29) is 5.95 Å². The number of halogens is 2. The molecule has 0 spiro atoms. The minimum absolute atomic E-state index is 0.145. The molecular weight excluding hydrogens is 365 g/mol. The number of aromatic nitrogens is 3. The molecule has 0 aliphatic carbocycles. The lowest BCUT2D eigenvalue weighted by Crippen LogP contribution is -1.98. The number of rotatable bonds is 4. The standard InChI is InChI=1S/C16H14Cl2N5O2/c1-20-15-14-7(6-21-16(19)23-14)4-8(22-15)11-12(17)9(24-2)5-10(25-3)13(11)18/h4-6H,1-3H3,(H2-,19,20,21,22,23)/q-1. The van der Waals surface area contributed by atoms with Crippen molar-refractivity contribution in [3.63, 3.8) is 0 Å². The molecule has 2 heterocycles. The Labute approximate surface area is 154 Å². The average Bonchev–Trinajstić information content (AvgIpc) is 2.61.